The minimum absolute atomic E-state index is 0.172. The van der Waals surface area contributed by atoms with Gasteiger partial charge in [-0.25, -0.2) is 9.59 Å². The first kappa shape index (κ1) is 15.6. The molecule has 18 heavy (non-hydrogen) atoms. The summed E-state index contributed by atoms with van der Waals surface area (Å²) in [7, 11) is 1.10. The fourth-order valence-corrected chi connectivity index (χ4v) is 1.08. The van der Waals surface area contributed by atoms with E-state index in [0.29, 0.717) is 0 Å². The fraction of sp³-hybridized carbons (Fsp3) is 0.273. The van der Waals surface area contributed by atoms with E-state index in [1.807, 2.05) is 13.8 Å². The zero-order valence-electron chi connectivity index (χ0n) is 10.2. The summed E-state index contributed by atoms with van der Waals surface area (Å²) in [5, 5.41) is 19.2. The first-order valence-electron chi connectivity index (χ1n) is 5.07. The van der Waals surface area contributed by atoms with Crippen LogP contribution in [0.3, 0.4) is 0 Å². The lowest BCUT2D eigenvalue weighted by Crippen LogP contribution is -2.06. The van der Waals surface area contributed by atoms with Crippen LogP contribution < -0.4 is 0 Å². The highest BCUT2D eigenvalue weighted by atomic mass is 16.6. The van der Waals surface area contributed by atoms with E-state index in [2.05, 4.69) is 4.74 Å². The lowest BCUT2D eigenvalue weighted by Gasteiger charge is -2.01. The second kappa shape index (κ2) is 7.00. The minimum atomic E-state index is -1.35. The zero-order valence-corrected chi connectivity index (χ0v) is 10.2. The Morgan fingerprint density at radius 1 is 1.22 bits per heavy atom. The molecule has 1 aromatic carbocycles. The van der Waals surface area contributed by atoms with Crippen molar-refractivity contribution in [2.45, 2.75) is 13.8 Å². The topological polar surface area (TPSA) is 107 Å². The Bertz CT molecular complexity index is 436. The first-order chi connectivity index (χ1) is 8.45. The number of nitrogens with zero attached hydrogens (tertiary/aromatic N) is 1. The lowest BCUT2D eigenvalue weighted by molar-refractivity contribution is -0.384. The van der Waals surface area contributed by atoms with Gasteiger partial charge in [0, 0.05) is 12.1 Å². The molecule has 0 heterocycles. The summed E-state index contributed by atoms with van der Waals surface area (Å²) in [4.78, 5) is 31.5. The second-order valence-electron chi connectivity index (χ2n) is 2.82. The van der Waals surface area contributed by atoms with Crippen LogP contribution in [0.4, 0.5) is 5.69 Å². The van der Waals surface area contributed by atoms with Crippen LogP contribution in [0, 0.1) is 10.1 Å². The number of rotatable bonds is 3. The van der Waals surface area contributed by atoms with Gasteiger partial charge < -0.3 is 9.84 Å². The molecule has 0 aliphatic heterocycles. The monoisotopic (exact) mass is 255 g/mol. The number of ether oxygens (including phenoxy) is 1. The number of hydrogen-bond donors (Lipinski definition) is 1. The zero-order chi connectivity index (χ0) is 14.3. The third-order valence-corrected chi connectivity index (χ3v) is 1.80. The largest absolute Gasteiger partial charge is 0.478 e. The van der Waals surface area contributed by atoms with Crippen molar-refractivity contribution in [3.05, 3.63) is 39.4 Å². The molecule has 1 N–H and O–H groups in total. The van der Waals surface area contributed by atoms with Crippen LogP contribution in [0.1, 0.15) is 34.6 Å². The molecular formula is C11H13NO6. The number of carboxylic acids is 1. The third kappa shape index (κ3) is 3.85. The molecule has 1 rings (SSSR count). The number of hydrogen-bond acceptors (Lipinski definition) is 5. The van der Waals surface area contributed by atoms with E-state index in [9.17, 15) is 19.7 Å². The van der Waals surface area contributed by atoms with E-state index in [-0.39, 0.29) is 11.1 Å². The van der Waals surface area contributed by atoms with Crippen molar-refractivity contribution in [2.75, 3.05) is 7.11 Å². The summed E-state index contributed by atoms with van der Waals surface area (Å²) in [5.41, 5.74) is -0.982. The number of aromatic carboxylic acids is 1. The highest BCUT2D eigenvalue weighted by Crippen LogP contribution is 2.18. The summed E-state index contributed by atoms with van der Waals surface area (Å²) < 4.78 is 4.35. The molecule has 98 valence electrons. The molecule has 0 saturated heterocycles. The van der Waals surface area contributed by atoms with Crippen LogP contribution in [0.2, 0.25) is 0 Å². The molecule has 0 atom stereocenters. The van der Waals surface area contributed by atoms with Crippen LogP contribution in [0.5, 0.6) is 0 Å². The number of nitro benzene ring substituents is 1. The average molecular weight is 255 g/mol. The number of carbonyl (C=O) groups is 2. The van der Waals surface area contributed by atoms with Crippen molar-refractivity contribution in [2.24, 2.45) is 0 Å². The quantitative estimate of drug-likeness (QED) is 0.503. The maximum Gasteiger partial charge on any atom is 0.338 e. The highest BCUT2D eigenvalue weighted by Gasteiger charge is 2.17. The Labute approximate surface area is 103 Å². The summed E-state index contributed by atoms with van der Waals surface area (Å²) in [6.07, 6.45) is 0. The number of methoxy groups -OCH3 is 1. The van der Waals surface area contributed by atoms with Gasteiger partial charge in [-0.2, -0.15) is 0 Å². The van der Waals surface area contributed by atoms with Gasteiger partial charge in [-0.3, -0.25) is 10.1 Å². The van der Waals surface area contributed by atoms with Gasteiger partial charge in [-0.15, -0.1) is 0 Å². The standard InChI is InChI=1S/C9H7NO6.C2H6/c1-16-9(13)6-2-5(8(11)12)3-7(4-6)10(14)15;1-2/h2-4H,1H3,(H,11,12);1-2H3. The van der Waals surface area contributed by atoms with Gasteiger partial charge in [0.15, 0.2) is 0 Å². The first-order valence-corrected chi connectivity index (χ1v) is 5.07. The molecule has 0 amide bonds. The minimum Gasteiger partial charge on any atom is -0.478 e. The van der Waals surface area contributed by atoms with Crippen molar-refractivity contribution in [3.63, 3.8) is 0 Å². The Morgan fingerprint density at radius 2 is 1.72 bits per heavy atom. The van der Waals surface area contributed by atoms with E-state index < -0.39 is 22.5 Å². The van der Waals surface area contributed by atoms with Crippen LogP contribution >= 0.6 is 0 Å². The molecule has 0 bridgehead atoms. The lowest BCUT2D eigenvalue weighted by atomic mass is 10.1. The molecule has 0 saturated carbocycles. The number of non-ortho nitro benzene ring substituents is 1. The Balaban J connectivity index is 0.00000137. The van der Waals surface area contributed by atoms with Crippen molar-refractivity contribution in [1.29, 1.82) is 0 Å². The number of nitro groups is 1. The molecule has 0 aliphatic rings. The Hall–Kier alpha value is -2.44. The normalized spacial score (nSPS) is 8.83. The SMILES string of the molecule is CC.COC(=O)c1cc(C(=O)O)cc([N+](=O)[O-])c1. The number of esters is 1. The highest BCUT2D eigenvalue weighted by molar-refractivity contribution is 5.95. The summed E-state index contributed by atoms with van der Waals surface area (Å²) in [6.45, 7) is 4.00. The van der Waals surface area contributed by atoms with E-state index in [0.717, 1.165) is 25.3 Å². The fourth-order valence-electron chi connectivity index (χ4n) is 1.08. The summed E-state index contributed by atoms with van der Waals surface area (Å²) in [6, 6.07) is 2.84. The van der Waals surface area contributed by atoms with Crippen LogP contribution in [-0.4, -0.2) is 29.1 Å². The van der Waals surface area contributed by atoms with E-state index >= 15 is 0 Å². The van der Waals surface area contributed by atoms with Crippen LogP contribution in [0.25, 0.3) is 0 Å². The smallest absolute Gasteiger partial charge is 0.338 e. The number of carboxylic acid groups (broad SMARTS) is 1. The second-order valence-corrected chi connectivity index (χ2v) is 2.82. The van der Waals surface area contributed by atoms with Gasteiger partial charge in [0.1, 0.15) is 0 Å². The summed E-state index contributed by atoms with van der Waals surface area (Å²) in [5.74, 6) is -2.18. The Kier molecular flexibility index (Phi) is 6.05. The van der Waals surface area contributed by atoms with E-state index in [1.54, 1.807) is 0 Å². The van der Waals surface area contributed by atoms with Gasteiger partial charge in [0.05, 0.1) is 23.2 Å². The molecule has 0 unspecified atom stereocenters. The molecule has 7 nitrogen and oxygen atoms in total. The maximum atomic E-state index is 11.1. The van der Waals surface area contributed by atoms with Crippen molar-refractivity contribution in [3.8, 4) is 0 Å². The predicted octanol–water partition coefficient (Wildman–Crippen LogP) is 2.11. The Morgan fingerprint density at radius 3 is 2.11 bits per heavy atom. The molecule has 1 aromatic rings. The predicted molar refractivity (Wildman–Crippen MR) is 62.7 cm³/mol. The van der Waals surface area contributed by atoms with Crippen molar-refractivity contribution >= 4 is 17.6 Å². The molecule has 0 aromatic heterocycles. The van der Waals surface area contributed by atoms with Gasteiger partial charge in [0.2, 0.25) is 0 Å². The molecule has 0 aliphatic carbocycles. The van der Waals surface area contributed by atoms with Gasteiger partial charge in [-0.05, 0) is 6.07 Å². The third-order valence-electron chi connectivity index (χ3n) is 1.80. The number of carbonyl (C=O) groups excluding carboxylic acids is 1. The van der Waals surface area contributed by atoms with Crippen LogP contribution in [-0.2, 0) is 4.74 Å². The van der Waals surface area contributed by atoms with Gasteiger partial charge in [-0.1, -0.05) is 13.8 Å². The molecular weight excluding hydrogens is 242 g/mol. The molecule has 0 fully saturated rings. The average Bonchev–Trinajstić information content (AvgIpc) is 2.39. The maximum absolute atomic E-state index is 11.1. The van der Waals surface area contributed by atoms with E-state index in [4.69, 9.17) is 5.11 Å². The summed E-state index contributed by atoms with van der Waals surface area (Å²) >= 11 is 0. The van der Waals surface area contributed by atoms with Gasteiger partial charge >= 0.3 is 11.9 Å². The van der Waals surface area contributed by atoms with Crippen molar-refractivity contribution < 1.29 is 24.4 Å². The van der Waals surface area contributed by atoms with Crippen LogP contribution in [0.15, 0.2) is 18.2 Å². The molecule has 7 heteroatoms. The van der Waals surface area contributed by atoms with E-state index in [1.165, 1.54) is 0 Å². The number of benzene rings is 1. The van der Waals surface area contributed by atoms with Crippen molar-refractivity contribution in [1.82, 2.24) is 0 Å². The molecule has 0 radical (unpaired) electrons. The molecule has 0 spiro atoms. The van der Waals surface area contributed by atoms with Gasteiger partial charge in [0.25, 0.3) is 5.69 Å².